The number of benzene rings is 3. The van der Waals surface area contributed by atoms with Crippen LogP contribution in [-0.2, 0) is 4.79 Å². The Kier molecular flexibility index (Phi) is 6.56. The Morgan fingerprint density at radius 2 is 1.78 bits per heavy atom. The maximum Gasteiger partial charge on any atom is 0.242 e. The maximum atomic E-state index is 13.3. The number of nitrogens with one attached hydrogen (secondary N) is 2. The molecule has 0 bridgehead atoms. The summed E-state index contributed by atoms with van der Waals surface area (Å²) in [7, 11) is 1.63. The molecular formula is C25H24N4O2S. The lowest BCUT2D eigenvalue weighted by Crippen LogP contribution is -2.19. The van der Waals surface area contributed by atoms with Crippen LogP contribution in [0.1, 0.15) is 21.9 Å². The van der Waals surface area contributed by atoms with Gasteiger partial charge in [0.15, 0.2) is 5.82 Å². The summed E-state index contributed by atoms with van der Waals surface area (Å²) >= 11 is 1.31. The lowest BCUT2D eigenvalue weighted by Gasteiger charge is -2.17. The predicted molar refractivity (Wildman–Crippen MR) is 128 cm³/mol. The molecule has 0 spiro atoms. The number of methoxy groups -OCH3 is 1. The summed E-state index contributed by atoms with van der Waals surface area (Å²) in [6.07, 6.45) is 0. The van der Waals surface area contributed by atoms with Crippen LogP contribution >= 0.6 is 11.8 Å². The predicted octanol–water partition coefficient (Wildman–Crippen LogP) is 5.57. The number of aryl methyl sites for hydroxylation is 2. The van der Waals surface area contributed by atoms with Gasteiger partial charge in [-0.1, -0.05) is 54.2 Å². The van der Waals surface area contributed by atoms with Crippen LogP contribution in [-0.4, -0.2) is 28.2 Å². The summed E-state index contributed by atoms with van der Waals surface area (Å²) in [5.41, 5.74) is 4.69. The van der Waals surface area contributed by atoms with Crippen molar-refractivity contribution in [2.45, 2.75) is 24.3 Å². The second kappa shape index (κ2) is 9.70. The third-order valence-electron chi connectivity index (χ3n) is 5.04. The standard InChI is InChI=1S/C25H24N4O2S/c1-16-9-10-17(2)21(15-16)26-24(30)22(18-7-5-4-6-8-18)32-25-27-23(28-29-25)19-11-13-20(31-3)14-12-19/h4-15,22H,1-3H3,(H,26,30)(H,27,28,29). The topological polar surface area (TPSA) is 79.9 Å². The molecule has 0 aliphatic heterocycles. The molecule has 0 radical (unpaired) electrons. The van der Waals surface area contributed by atoms with Gasteiger partial charge in [0.05, 0.1) is 7.11 Å². The minimum atomic E-state index is -0.504. The number of hydrogen-bond acceptors (Lipinski definition) is 5. The average molecular weight is 445 g/mol. The van der Waals surface area contributed by atoms with Crippen molar-refractivity contribution in [3.8, 4) is 17.1 Å². The first kappa shape index (κ1) is 21.6. The maximum absolute atomic E-state index is 13.3. The second-order valence-electron chi connectivity index (χ2n) is 7.41. The zero-order chi connectivity index (χ0) is 22.5. The zero-order valence-electron chi connectivity index (χ0n) is 18.1. The van der Waals surface area contributed by atoms with Crippen LogP contribution in [0.15, 0.2) is 78.0 Å². The third-order valence-corrected chi connectivity index (χ3v) is 6.16. The number of ether oxygens (including phenoxy) is 1. The molecular weight excluding hydrogens is 420 g/mol. The van der Waals surface area contributed by atoms with E-state index in [9.17, 15) is 4.79 Å². The van der Waals surface area contributed by atoms with E-state index in [1.54, 1.807) is 7.11 Å². The molecule has 0 saturated heterocycles. The number of H-pyrrole nitrogens is 1. The van der Waals surface area contributed by atoms with Gasteiger partial charge >= 0.3 is 0 Å². The van der Waals surface area contributed by atoms with Gasteiger partial charge in [-0.25, -0.2) is 4.98 Å². The molecule has 0 aliphatic rings. The summed E-state index contributed by atoms with van der Waals surface area (Å²) in [5.74, 6) is 1.29. The molecule has 6 nitrogen and oxygen atoms in total. The van der Waals surface area contributed by atoms with Gasteiger partial charge in [0, 0.05) is 11.3 Å². The van der Waals surface area contributed by atoms with Gasteiger partial charge < -0.3 is 10.1 Å². The molecule has 3 aromatic carbocycles. The van der Waals surface area contributed by atoms with Crippen molar-refractivity contribution < 1.29 is 9.53 Å². The second-order valence-corrected chi connectivity index (χ2v) is 8.48. The van der Waals surface area contributed by atoms with E-state index in [1.165, 1.54) is 11.8 Å². The lowest BCUT2D eigenvalue weighted by atomic mass is 10.1. The minimum absolute atomic E-state index is 0.120. The lowest BCUT2D eigenvalue weighted by molar-refractivity contribution is -0.115. The fourth-order valence-corrected chi connectivity index (χ4v) is 4.16. The van der Waals surface area contributed by atoms with Gasteiger partial charge in [0.1, 0.15) is 11.0 Å². The van der Waals surface area contributed by atoms with E-state index >= 15 is 0 Å². The van der Waals surface area contributed by atoms with Crippen LogP contribution < -0.4 is 10.1 Å². The Morgan fingerprint density at radius 1 is 1.03 bits per heavy atom. The van der Waals surface area contributed by atoms with E-state index in [2.05, 4.69) is 20.5 Å². The molecule has 1 amide bonds. The van der Waals surface area contributed by atoms with Crippen molar-refractivity contribution in [3.05, 3.63) is 89.5 Å². The number of aromatic nitrogens is 3. The van der Waals surface area contributed by atoms with Crippen LogP contribution in [0.4, 0.5) is 5.69 Å². The zero-order valence-corrected chi connectivity index (χ0v) is 18.9. The molecule has 1 unspecified atom stereocenters. The first-order valence-corrected chi connectivity index (χ1v) is 11.1. The summed E-state index contributed by atoms with van der Waals surface area (Å²) < 4.78 is 5.21. The van der Waals surface area contributed by atoms with Gasteiger partial charge in [-0.05, 0) is 60.9 Å². The Morgan fingerprint density at radius 3 is 2.50 bits per heavy atom. The number of hydrogen-bond donors (Lipinski definition) is 2. The van der Waals surface area contributed by atoms with Crippen LogP contribution in [0.2, 0.25) is 0 Å². The van der Waals surface area contributed by atoms with E-state index in [-0.39, 0.29) is 5.91 Å². The van der Waals surface area contributed by atoms with Crippen molar-refractivity contribution in [2.24, 2.45) is 0 Å². The molecule has 4 rings (SSSR count). The highest BCUT2D eigenvalue weighted by molar-refractivity contribution is 8.00. The van der Waals surface area contributed by atoms with Gasteiger partial charge in [-0.3, -0.25) is 9.89 Å². The van der Waals surface area contributed by atoms with E-state index in [0.717, 1.165) is 33.7 Å². The SMILES string of the molecule is COc1ccc(-c2nc(SC(C(=O)Nc3cc(C)ccc3C)c3ccccc3)n[nH]2)cc1. The smallest absolute Gasteiger partial charge is 0.242 e. The molecule has 1 heterocycles. The molecule has 4 aromatic rings. The average Bonchev–Trinajstić information content (AvgIpc) is 3.29. The number of nitrogens with zero attached hydrogens (tertiary/aromatic N) is 2. The van der Waals surface area contributed by atoms with Crippen LogP contribution in [0.25, 0.3) is 11.4 Å². The Labute approximate surface area is 191 Å². The highest BCUT2D eigenvalue weighted by atomic mass is 32.2. The molecule has 1 atom stereocenters. The molecule has 2 N–H and O–H groups in total. The Hall–Kier alpha value is -3.58. The van der Waals surface area contributed by atoms with Crippen molar-refractivity contribution >= 4 is 23.4 Å². The van der Waals surface area contributed by atoms with E-state index in [1.807, 2.05) is 86.6 Å². The Bertz CT molecular complexity index is 1210. The summed E-state index contributed by atoms with van der Waals surface area (Å²) in [4.78, 5) is 17.9. The number of amides is 1. The number of rotatable bonds is 7. The summed E-state index contributed by atoms with van der Waals surface area (Å²) in [6, 6.07) is 23.2. The summed E-state index contributed by atoms with van der Waals surface area (Å²) in [5, 5.41) is 10.4. The number of thioether (sulfide) groups is 1. The van der Waals surface area contributed by atoms with Crippen LogP contribution in [0.5, 0.6) is 5.75 Å². The molecule has 162 valence electrons. The number of carbonyl (C=O) groups excluding carboxylic acids is 1. The van der Waals surface area contributed by atoms with Gasteiger partial charge in [0.2, 0.25) is 11.1 Å². The Balaban J connectivity index is 1.58. The fraction of sp³-hybridized carbons (Fsp3) is 0.160. The van der Waals surface area contributed by atoms with Gasteiger partial charge in [-0.2, -0.15) is 0 Å². The first-order chi connectivity index (χ1) is 15.5. The van der Waals surface area contributed by atoms with E-state index in [0.29, 0.717) is 11.0 Å². The molecule has 0 fully saturated rings. The minimum Gasteiger partial charge on any atom is -0.497 e. The molecule has 0 saturated carbocycles. The molecule has 32 heavy (non-hydrogen) atoms. The number of aromatic amines is 1. The van der Waals surface area contributed by atoms with Crippen LogP contribution in [0, 0.1) is 13.8 Å². The van der Waals surface area contributed by atoms with E-state index in [4.69, 9.17) is 4.74 Å². The molecule has 7 heteroatoms. The van der Waals surface area contributed by atoms with E-state index < -0.39 is 5.25 Å². The largest absolute Gasteiger partial charge is 0.497 e. The molecule has 0 aliphatic carbocycles. The van der Waals surface area contributed by atoms with Crippen LogP contribution in [0.3, 0.4) is 0 Å². The van der Waals surface area contributed by atoms with Crippen molar-refractivity contribution in [1.82, 2.24) is 15.2 Å². The monoisotopic (exact) mass is 444 g/mol. The normalized spacial score (nSPS) is 11.7. The molecule has 1 aromatic heterocycles. The highest BCUT2D eigenvalue weighted by Crippen LogP contribution is 2.35. The van der Waals surface area contributed by atoms with Crippen molar-refractivity contribution in [3.63, 3.8) is 0 Å². The number of anilines is 1. The van der Waals surface area contributed by atoms with Crippen molar-refractivity contribution in [1.29, 1.82) is 0 Å². The van der Waals surface area contributed by atoms with Gasteiger partial charge in [-0.15, -0.1) is 5.10 Å². The first-order valence-electron chi connectivity index (χ1n) is 10.2. The quantitative estimate of drug-likeness (QED) is 0.364. The van der Waals surface area contributed by atoms with Crippen molar-refractivity contribution in [2.75, 3.05) is 12.4 Å². The number of carbonyl (C=O) groups is 1. The summed E-state index contributed by atoms with van der Waals surface area (Å²) in [6.45, 7) is 3.99. The van der Waals surface area contributed by atoms with Gasteiger partial charge in [0.25, 0.3) is 0 Å². The fourth-order valence-electron chi connectivity index (χ4n) is 3.25. The third kappa shape index (κ3) is 5.00. The highest BCUT2D eigenvalue weighted by Gasteiger charge is 2.25.